The fourth-order valence-electron chi connectivity index (χ4n) is 2.89. The summed E-state index contributed by atoms with van der Waals surface area (Å²) in [6, 6.07) is 9.60. The number of nitro groups is 1. The summed E-state index contributed by atoms with van der Waals surface area (Å²) in [5.74, 6) is 1.76. The molecule has 126 valence electrons. The van der Waals surface area contributed by atoms with Crippen LogP contribution in [0, 0.1) is 20.6 Å². The number of halogens is 1. The van der Waals surface area contributed by atoms with Gasteiger partial charge in [0.2, 0.25) is 0 Å². The maximum Gasteiger partial charge on any atom is 0.287 e. The van der Waals surface area contributed by atoms with Gasteiger partial charge in [0.1, 0.15) is 23.9 Å². The summed E-state index contributed by atoms with van der Waals surface area (Å²) in [5, 5.41) is 10.8. The van der Waals surface area contributed by atoms with Crippen molar-refractivity contribution in [1.29, 1.82) is 0 Å². The van der Waals surface area contributed by atoms with Crippen molar-refractivity contribution in [2.24, 2.45) is 0 Å². The number of nitrogens with zero attached hydrogens (tertiary/aromatic N) is 3. The number of pyridine rings is 1. The van der Waals surface area contributed by atoms with Crippen LogP contribution in [0.25, 0.3) is 0 Å². The van der Waals surface area contributed by atoms with Crippen molar-refractivity contribution >= 4 is 34.1 Å². The molecule has 7 heteroatoms. The van der Waals surface area contributed by atoms with E-state index in [4.69, 9.17) is 4.74 Å². The Morgan fingerprint density at radius 1 is 1.33 bits per heavy atom. The van der Waals surface area contributed by atoms with Crippen LogP contribution in [0.1, 0.15) is 18.4 Å². The molecular formula is C17H18IN3O3. The van der Waals surface area contributed by atoms with Crippen molar-refractivity contribution in [3.63, 3.8) is 0 Å². The van der Waals surface area contributed by atoms with E-state index in [1.165, 1.54) is 6.20 Å². The van der Waals surface area contributed by atoms with E-state index in [0.717, 1.165) is 46.6 Å². The predicted octanol–water partition coefficient (Wildman–Crippen LogP) is 3.95. The Hall–Kier alpha value is -1.90. The zero-order valence-electron chi connectivity index (χ0n) is 13.3. The first-order chi connectivity index (χ1) is 11.5. The normalized spacial score (nSPS) is 15.3. The van der Waals surface area contributed by atoms with E-state index in [-0.39, 0.29) is 11.8 Å². The number of aromatic nitrogens is 1. The highest BCUT2D eigenvalue weighted by atomic mass is 127. The molecule has 1 saturated heterocycles. The largest absolute Gasteiger partial charge is 0.489 e. The number of para-hydroxylation sites is 1. The van der Waals surface area contributed by atoms with Crippen molar-refractivity contribution < 1.29 is 9.66 Å². The number of anilines is 1. The first kappa shape index (κ1) is 16.9. The molecule has 6 nitrogen and oxygen atoms in total. The van der Waals surface area contributed by atoms with Crippen LogP contribution >= 0.6 is 22.6 Å². The Balaban J connectivity index is 1.63. The SMILES string of the molecule is Cc1cc([N+](=O)[O-])cnc1N1CCC(Oc2ccccc2I)CC1. The van der Waals surface area contributed by atoms with E-state index in [2.05, 4.69) is 32.5 Å². The van der Waals surface area contributed by atoms with Crippen LogP contribution in [-0.2, 0) is 0 Å². The van der Waals surface area contributed by atoms with Gasteiger partial charge in [-0.15, -0.1) is 0 Å². The van der Waals surface area contributed by atoms with Crippen molar-refractivity contribution in [2.75, 3.05) is 18.0 Å². The molecule has 1 aromatic carbocycles. The minimum Gasteiger partial charge on any atom is -0.489 e. The number of piperidine rings is 1. The first-order valence-electron chi connectivity index (χ1n) is 7.82. The summed E-state index contributed by atoms with van der Waals surface area (Å²) in [4.78, 5) is 16.9. The van der Waals surface area contributed by atoms with Gasteiger partial charge in [-0.1, -0.05) is 12.1 Å². The smallest absolute Gasteiger partial charge is 0.287 e. The molecule has 0 N–H and O–H groups in total. The van der Waals surface area contributed by atoms with Gasteiger partial charge in [-0.3, -0.25) is 10.1 Å². The molecule has 0 radical (unpaired) electrons. The van der Waals surface area contributed by atoms with Gasteiger partial charge in [0, 0.05) is 32.0 Å². The van der Waals surface area contributed by atoms with E-state index >= 15 is 0 Å². The zero-order chi connectivity index (χ0) is 17.1. The van der Waals surface area contributed by atoms with E-state index in [1.807, 2.05) is 31.2 Å². The lowest BCUT2D eigenvalue weighted by Gasteiger charge is -2.33. The van der Waals surface area contributed by atoms with Crippen LogP contribution in [0.4, 0.5) is 11.5 Å². The second-order valence-electron chi connectivity index (χ2n) is 5.83. The van der Waals surface area contributed by atoms with Crippen molar-refractivity contribution in [2.45, 2.75) is 25.9 Å². The Morgan fingerprint density at radius 3 is 2.67 bits per heavy atom. The number of ether oxygens (including phenoxy) is 1. The second-order valence-corrected chi connectivity index (χ2v) is 6.99. The number of hydrogen-bond donors (Lipinski definition) is 0. The van der Waals surface area contributed by atoms with Crippen LogP contribution in [0.3, 0.4) is 0 Å². The highest BCUT2D eigenvalue weighted by Crippen LogP contribution is 2.27. The first-order valence-corrected chi connectivity index (χ1v) is 8.89. The van der Waals surface area contributed by atoms with Gasteiger partial charge in [0.15, 0.2) is 0 Å². The maximum absolute atomic E-state index is 10.8. The van der Waals surface area contributed by atoms with E-state index < -0.39 is 4.92 Å². The summed E-state index contributed by atoms with van der Waals surface area (Å²) >= 11 is 2.28. The Bertz CT molecular complexity index is 746. The molecule has 0 saturated carbocycles. The van der Waals surface area contributed by atoms with Gasteiger partial charge in [-0.05, 0) is 47.2 Å². The molecule has 1 fully saturated rings. The van der Waals surface area contributed by atoms with Crippen LogP contribution < -0.4 is 9.64 Å². The number of benzene rings is 1. The molecule has 1 aliphatic rings. The molecule has 3 rings (SSSR count). The molecular weight excluding hydrogens is 421 g/mol. The lowest BCUT2D eigenvalue weighted by atomic mass is 10.1. The quantitative estimate of drug-likeness (QED) is 0.410. The molecule has 1 aromatic heterocycles. The highest BCUT2D eigenvalue weighted by Gasteiger charge is 2.23. The maximum atomic E-state index is 10.8. The van der Waals surface area contributed by atoms with Crippen LogP contribution in [0.15, 0.2) is 36.5 Å². The van der Waals surface area contributed by atoms with Gasteiger partial charge < -0.3 is 9.64 Å². The molecule has 0 spiro atoms. The molecule has 0 amide bonds. The van der Waals surface area contributed by atoms with Crippen molar-refractivity contribution in [1.82, 2.24) is 4.98 Å². The molecule has 24 heavy (non-hydrogen) atoms. The monoisotopic (exact) mass is 439 g/mol. The lowest BCUT2D eigenvalue weighted by molar-refractivity contribution is -0.385. The fourth-order valence-corrected chi connectivity index (χ4v) is 3.40. The van der Waals surface area contributed by atoms with Crippen LogP contribution in [0.5, 0.6) is 5.75 Å². The number of hydrogen-bond acceptors (Lipinski definition) is 5. The summed E-state index contributed by atoms with van der Waals surface area (Å²) in [7, 11) is 0. The number of aryl methyl sites for hydroxylation is 1. The van der Waals surface area contributed by atoms with Crippen LogP contribution in [0.2, 0.25) is 0 Å². The van der Waals surface area contributed by atoms with E-state index in [0.29, 0.717) is 0 Å². The Morgan fingerprint density at radius 2 is 2.04 bits per heavy atom. The zero-order valence-corrected chi connectivity index (χ0v) is 15.5. The molecule has 0 atom stereocenters. The van der Waals surface area contributed by atoms with E-state index in [9.17, 15) is 10.1 Å². The molecule has 0 bridgehead atoms. The third-order valence-corrected chi connectivity index (χ3v) is 5.01. The van der Waals surface area contributed by atoms with Gasteiger partial charge >= 0.3 is 0 Å². The lowest BCUT2D eigenvalue weighted by Crippen LogP contribution is -2.39. The number of rotatable bonds is 4. The average molecular weight is 439 g/mol. The highest BCUT2D eigenvalue weighted by molar-refractivity contribution is 14.1. The van der Waals surface area contributed by atoms with Gasteiger partial charge in [0.25, 0.3) is 5.69 Å². The minimum atomic E-state index is -0.411. The minimum absolute atomic E-state index is 0.0353. The van der Waals surface area contributed by atoms with Crippen molar-refractivity contribution in [3.8, 4) is 5.75 Å². The predicted molar refractivity (Wildman–Crippen MR) is 101 cm³/mol. The molecule has 0 aliphatic carbocycles. The second kappa shape index (κ2) is 7.33. The third kappa shape index (κ3) is 3.77. The summed E-state index contributed by atoms with van der Waals surface area (Å²) in [6.45, 7) is 3.53. The van der Waals surface area contributed by atoms with Gasteiger partial charge in [-0.2, -0.15) is 0 Å². The molecule has 2 aromatic rings. The summed E-state index contributed by atoms with van der Waals surface area (Å²) < 4.78 is 7.22. The van der Waals surface area contributed by atoms with Crippen molar-refractivity contribution in [3.05, 3.63) is 55.8 Å². The fraction of sp³-hybridized carbons (Fsp3) is 0.353. The van der Waals surface area contributed by atoms with E-state index in [1.54, 1.807) is 6.07 Å². The van der Waals surface area contributed by atoms with Gasteiger partial charge in [0.05, 0.1) is 8.49 Å². The van der Waals surface area contributed by atoms with Crippen LogP contribution in [-0.4, -0.2) is 29.1 Å². The summed E-state index contributed by atoms with van der Waals surface area (Å²) in [5.41, 5.74) is 0.870. The molecule has 1 aliphatic heterocycles. The average Bonchev–Trinajstić information content (AvgIpc) is 2.58. The molecule has 0 unspecified atom stereocenters. The third-order valence-electron chi connectivity index (χ3n) is 4.12. The molecule has 2 heterocycles. The Kier molecular flexibility index (Phi) is 5.17. The Labute approximate surface area is 154 Å². The van der Waals surface area contributed by atoms with Gasteiger partial charge in [-0.25, -0.2) is 4.98 Å². The topological polar surface area (TPSA) is 68.5 Å². The standard InChI is InChI=1S/C17H18IN3O3/c1-12-10-13(21(22)23)11-19-17(12)20-8-6-14(7-9-20)24-16-5-3-2-4-15(16)18/h2-5,10-11,14H,6-9H2,1H3. The summed E-state index contributed by atoms with van der Waals surface area (Å²) in [6.07, 6.45) is 3.33.